The maximum absolute atomic E-state index is 4.15. The first-order valence-corrected chi connectivity index (χ1v) is 23.2. The molecule has 8 aromatic carbocycles. The van der Waals surface area contributed by atoms with Gasteiger partial charge in [0.15, 0.2) is 7.28 Å². The molecule has 0 saturated carbocycles. The minimum atomic E-state index is -0.419. The molecule has 4 heteroatoms. The summed E-state index contributed by atoms with van der Waals surface area (Å²) in [7, 11) is 0.845. The Bertz CT molecular complexity index is 3360. The van der Waals surface area contributed by atoms with E-state index in [2.05, 4.69) is 203 Å². The summed E-state index contributed by atoms with van der Waals surface area (Å²) in [5.74, 6) is 0. The van der Waals surface area contributed by atoms with Crippen LogP contribution in [0.15, 0.2) is 158 Å². The van der Waals surface area contributed by atoms with Crippen molar-refractivity contribution in [3.05, 3.63) is 197 Å². The predicted molar refractivity (Wildman–Crippen MR) is 266 cm³/mol. The van der Waals surface area contributed by atoms with Crippen molar-refractivity contribution in [1.29, 1.82) is 0 Å². The van der Waals surface area contributed by atoms with Crippen molar-refractivity contribution in [2.24, 2.45) is 0 Å². The first kappa shape index (κ1) is 36.3. The van der Waals surface area contributed by atoms with Crippen LogP contribution in [0, 0.1) is 6.92 Å². The lowest BCUT2D eigenvalue weighted by Gasteiger charge is -2.48. The van der Waals surface area contributed by atoms with Gasteiger partial charge < -0.3 is 10.2 Å². The first-order valence-electron chi connectivity index (χ1n) is 22.4. The maximum Gasteiger partial charge on any atom is 0.198 e. The van der Waals surface area contributed by atoms with E-state index in [-0.39, 0.29) is 10.8 Å². The molecule has 0 amide bonds. The summed E-state index contributed by atoms with van der Waals surface area (Å²) in [5.41, 5.74) is 23.7. The zero-order chi connectivity index (χ0) is 41.7. The predicted octanol–water partition coefficient (Wildman–Crippen LogP) is 14.0. The van der Waals surface area contributed by atoms with Crippen LogP contribution in [-0.2, 0) is 16.2 Å². The second kappa shape index (κ2) is 12.6. The van der Waals surface area contributed by atoms with Crippen molar-refractivity contribution < 1.29 is 0 Å². The van der Waals surface area contributed by atoms with Crippen molar-refractivity contribution in [3.8, 4) is 22.3 Å². The molecular formula is C58H47BN2S. The largest absolute Gasteiger partial charge is 0.354 e. The third-order valence-electron chi connectivity index (χ3n) is 15.2. The molecule has 2 aliphatic heterocycles. The summed E-state index contributed by atoms with van der Waals surface area (Å²) in [6.07, 6.45) is 2.39. The van der Waals surface area contributed by atoms with Crippen LogP contribution in [0.5, 0.6) is 0 Å². The number of fused-ring (bicyclic) bond motifs is 15. The van der Waals surface area contributed by atoms with Crippen LogP contribution >= 0.6 is 11.3 Å². The van der Waals surface area contributed by atoms with E-state index in [1.807, 2.05) is 11.3 Å². The third-order valence-corrected chi connectivity index (χ3v) is 16.4. The number of aryl methyl sites for hydroxylation is 1. The van der Waals surface area contributed by atoms with Crippen molar-refractivity contribution >= 4 is 78.2 Å². The molecule has 2 aliphatic carbocycles. The molecule has 3 heterocycles. The van der Waals surface area contributed by atoms with E-state index in [0.29, 0.717) is 0 Å². The van der Waals surface area contributed by atoms with Crippen LogP contribution < -0.4 is 21.1 Å². The Balaban J connectivity index is 1.05. The van der Waals surface area contributed by atoms with Gasteiger partial charge in [-0.15, -0.1) is 11.3 Å². The summed E-state index contributed by atoms with van der Waals surface area (Å²) in [6, 6.07) is 60.4. The van der Waals surface area contributed by atoms with Crippen molar-refractivity contribution in [2.45, 2.75) is 63.7 Å². The van der Waals surface area contributed by atoms with Gasteiger partial charge in [0.25, 0.3) is 0 Å². The highest BCUT2D eigenvalue weighted by atomic mass is 32.1. The van der Waals surface area contributed by atoms with Crippen molar-refractivity contribution in [3.63, 3.8) is 0 Å². The molecule has 0 fully saturated rings. The fraction of sp³-hybridized carbons (Fsp3) is 0.172. The van der Waals surface area contributed by atoms with Gasteiger partial charge in [-0.05, 0) is 122 Å². The molecule has 0 saturated heterocycles. The molecule has 298 valence electrons. The number of para-hydroxylation sites is 2. The summed E-state index contributed by atoms with van der Waals surface area (Å²) in [5, 5.41) is 6.77. The highest BCUT2D eigenvalue weighted by molar-refractivity contribution is 7.26. The zero-order valence-corrected chi connectivity index (χ0v) is 36.8. The summed E-state index contributed by atoms with van der Waals surface area (Å²) in [6.45, 7) is 12.0. The van der Waals surface area contributed by atoms with Gasteiger partial charge in [-0.1, -0.05) is 161 Å². The lowest BCUT2D eigenvalue weighted by Crippen LogP contribution is -2.47. The molecule has 13 rings (SSSR count). The smallest absolute Gasteiger partial charge is 0.198 e. The van der Waals surface area contributed by atoms with Crippen LogP contribution in [0.3, 0.4) is 0 Å². The second-order valence-electron chi connectivity index (χ2n) is 19.6. The maximum atomic E-state index is 4.15. The molecule has 1 aromatic heterocycles. The van der Waals surface area contributed by atoms with Gasteiger partial charge in [0.05, 0.1) is 21.5 Å². The highest BCUT2D eigenvalue weighted by Crippen LogP contribution is 2.63. The molecule has 0 radical (unpaired) electrons. The number of hydrogen-bond donors (Lipinski definition) is 1. The van der Waals surface area contributed by atoms with Crippen LogP contribution in [0.2, 0.25) is 0 Å². The van der Waals surface area contributed by atoms with E-state index in [1.54, 1.807) is 0 Å². The van der Waals surface area contributed by atoms with Gasteiger partial charge in [0, 0.05) is 38.1 Å². The summed E-state index contributed by atoms with van der Waals surface area (Å²) in [4.78, 5) is 2.63. The topological polar surface area (TPSA) is 15.3 Å². The summed E-state index contributed by atoms with van der Waals surface area (Å²) >= 11 is 1.91. The number of nitrogens with zero attached hydrogens (tertiary/aromatic N) is 1. The first-order chi connectivity index (χ1) is 30.1. The molecule has 2 nitrogen and oxygen atoms in total. The van der Waals surface area contributed by atoms with Gasteiger partial charge >= 0.3 is 0 Å². The molecule has 9 aromatic rings. The van der Waals surface area contributed by atoms with Crippen molar-refractivity contribution in [2.75, 3.05) is 10.2 Å². The highest BCUT2D eigenvalue weighted by Gasteiger charge is 2.53. The minimum Gasteiger partial charge on any atom is -0.354 e. The number of anilines is 5. The lowest BCUT2D eigenvalue weighted by molar-refractivity contribution is 0.332. The number of hydrogen-bond acceptors (Lipinski definition) is 3. The third kappa shape index (κ3) is 4.76. The van der Waals surface area contributed by atoms with Crippen LogP contribution in [0.1, 0.15) is 79.5 Å². The Morgan fingerprint density at radius 3 is 2.00 bits per heavy atom. The quantitative estimate of drug-likeness (QED) is 0.179. The molecule has 4 aliphatic rings. The van der Waals surface area contributed by atoms with Gasteiger partial charge in [-0.2, -0.15) is 0 Å². The van der Waals surface area contributed by atoms with E-state index < -0.39 is 5.41 Å². The van der Waals surface area contributed by atoms with E-state index in [1.165, 1.54) is 128 Å². The lowest BCUT2D eigenvalue weighted by atomic mass is 9.54. The molecule has 62 heavy (non-hydrogen) atoms. The normalized spacial score (nSPS) is 16.5. The fourth-order valence-corrected chi connectivity index (χ4v) is 13.4. The average Bonchev–Trinajstić information content (AvgIpc) is 3.81. The van der Waals surface area contributed by atoms with Crippen LogP contribution in [-0.4, -0.2) is 7.28 Å². The van der Waals surface area contributed by atoms with Gasteiger partial charge in [0.1, 0.15) is 0 Å². The molecule has 0 bridgehead atoms. The fourth-order valence-electron chi connectivity index (χ4n) is 12.2. The SMILES string of the molecule is Cc1cc(-c2ccc3c(sc4ccccc43)c2Nc2ccc3c(c2)C(C)(C)CCC3(C)C)c2c(c1)N1c3ccccc3C3(c4ccccc4-c4ccccc43)c3cccc(c31)B2. The standard InChI is InChI=1S/C58H47BN2S/c1-34-31-41(39-26-27-40-38-17-8-13-24-51(38)62-55(40)53(39)60-35-25-28-44-47(33-35)57(4,5)30-29-56(44,2)3)52-50(32-34)61-49-23-12-11-20-45(49)58(46-21-14-22-48(59-52)54(46)61)42-18-9-6-15-36(42)37-16-7-10-19-43(37)58/h6-28,31-33,59-60H,29-30H2,1-5H3. The number of rotatable bonds is 3. The second-order valence-corrected chi connectivity index (χ2v) is 20.7. The number of nitrogens with one attached hydrogen (secondary N) is 1. The van der Waals surface area contributed by atoms with Crippen molar-refractivity contribution in [1.82, 2.24) is 0 Å². The Hall–Kier alpha value is -6.36. The summed E-state index contributed by atoms with van der Waals surface area (Å²) < 4.78 is 2.62. The zero-order valence-electron chi connectivity index (χ0n) is 36.0. The molecule has 1 spiro atoms. The Morgan fingerprint density at radius 1 is 0.532 bits per heavy atom. The molecule has 0 unspecified atom stereocenters. The molecule has 0 atom stereocenters. The Kier molecular flexibility index (Phi) is 7.39. The monoisotopic (exact) mass is 814 g/mol. The van der Waals surface area contributed by atoms with E-state index >= 15 is 0 Å². The average molecular weight is 815 g/mol. The van der Waals surface area contributed by atoms with E-state index in [9.17, 15) is 0 Å². The Morgan fingerprint density at radius 2 is 1.21 bits per heavy atom. The van der Waals surface area contributed by atoms with Crippen LogP contribution in [0.25, 0.3) is 42.4 Å². The van der Waals surface area contributed by atoms with Gasteiger partial charge in [-0.25, -0.2) is 0 Å². The van der Waals surface area contributed by atoms with Gasteiger partial charge in [0.2, 0.25) is 0 Å². The van der Waals surface area contributed by atoms with E-state index in [4.69, 9.17) is 0 Å². The van der Waals surface area contributed by atoms with Crippen LogP contribution in [0.4, 0.5) is 28.4 Å². The number of thiophene rings is 1. The molecular weight excluding hydrogens is 768 g/mol. The Labute approximate surface area is 369 Å². The van der Waals surface area contributed by atoms with Gasteiger partial charge in [-0.3, -0.25) is 0 Å². The molecule has 1 N–H and O–H groups in total. The number of benzene rings is 8. The van der Waals surface area contributed by atoms with E-state index in [0.717, 1.165) is 13.0 Å². The minimum absolute atomic E-state index is 0.114.